The molecule has 0 saturated heterocycles. The van der Waals surface area contributed by atoms with Gasteiger partial charge >= 0.3 is 0 Å². The highest BCUT2D eigenvalue weighted by Crippen LogP contribution is 2.30. The van der Waals surface area contributed by atoms with Crippen LogP contribution in [-0.2, 0) is 11.3 Å². The van der Waals surface area contributed by atoms with Crippen LogP contribution in [-0.4, -0.2) is 32.8 Å². The number of carbonyl (C=O) groups excluding carboxylic acids is 1. The first-order valence-corrected chi connectivity index (χ1v) is 7.34. The van der Waals surface area contributed by atoms with Crippen LogP contribution in [0.15, 0.2) is 36.4 Å². The normalized spacial score (nSPS) is 15.6. The van der Waals surface area contributed by atoms with Crippen molar-refractivity contribution in [3.63, 3.8) is 0 Å². The van der Waals surface area contributed by atoms with Crippen molar-refractivity contribution >= 4 is 11.9 Å². The van der Waals surface area contributed by atoms with Crippen LogP contribution in [0.5, 0.6) is 11.5 Å². The molecule has 1 saturated carbocycles. The first-order valence-electron chi connectivity index (χ1n) is 7.34. The molecule has 1 aliphatic carbocycles. The maximum absolute atomic E-state index is 12.7. The summed E-state index contributed by atoms with van der Waals surface area (Å²) in [4.78, 5) is 16.7. The summed E-state index contributed by atoms with van der Waals surface area (Å²) in [6.45, 7) is 0.299. The van der Waals surface area contributed by atoms with E-state index in [1.165, 1.54) is 19.5 Å². The van der Waals surface area contributed by atoms with E-state index in [0.29, 0.717) is 23.8 Å². The van der Waals surface area contributed by atoms with Gasteiger partial charge in [-0.25, -0.2) is 9.67 Å². The quantitative estimate of drug-likeness (QED) is 0.824. The fourth-order valence-electron chi connectivity index (χ4n) is 2.37. The average Bonchev–Trinajstić information content (AvgIpc) is 3.28. The number of Topliss-reactive ketones (excluding diaryl/α,β-unsaturated/α-hetero) is 1. The lowest BCUT2D eigenvalue weighted by atomic mass is 9.94. The first-order chi connectivity index (χ1) is 11.7. The highest BCUT2D eigenvalue weighted by molar-refractivity contribution is 6.11. The zero-order valence-corrected chi connectivity index (χ0v) is 13.1. The smallest absolute Gasteiger partial charge is 0.168 e. The third-order valence-corrected chi connectivity index (χ3v) is 3.56. The van der Waals surface area contributed by atoms with Crippen molar-refractivity contribution in [2.24, 2.45) is 0 Å². The van der Waals surface area contributed by atoms with Gasteiger partial charge in [0.25, 0.3) is 0 Å². The number of ketones is 1. The van der Waals surface area contributed by atoms with Gasteiger partial charge < -0.3 is 9.84 Å². The van der Waals surface area contributed by atoms with Crippen LogP contribution in [0.3, 0.4) is 0 Å². The lowest BCUT2D eigenvalue weighted by Gasteiger charge is -2.12. The Balaban J connectivity index is 1.91. The van der Waals surface area contributed by atoms with Crippen molar-refractivity contribution < 1.29 is 14.6 Å². The molecule has 0 bridgehead atoms. The Morgan fingerprint density at radius 3 is 2.79 bits per heavy atom. The van der Waals surface area contributed by atoms with Gasteiger partial charge in [-0.1, -0.05) is 6.07 Å². The number of phenolic OH excluding ortho intramolecular Hbond substituents is 1. The van der Waals surface area contributed by atoms with Gasteiger partial charge in [0.15, 0.2) is 17.3 Å². The van der Waals surface area contributed by atoms with Crippen LogP contribution in [0.1, 0.15) is 5.56 Å². The second-order valence-corrected chi connectivity index (χ2v) is 5.20. The summed E-state index contributed by atoms with van der Waals surface area (Å²) in [6.07, 6.45) is 11.9. The fraction of sp³-hybridized carbons (Fsp3) is 0.111. The van der Waals surface area contributed by atoms with Crippen molar-refractivity contribution in [3.05, 3.63) is 73.6 Å². The molecule has 1 aromatic heterocycles. The number of aromatic nitrogens is 3. The molecule has 24 heavy (non-hydrogen) atoms. The SMILES string of the molecule is COc1cc(/C=C(\Cn2cncn2)C(=O)[C]2[CH][CH][CH][CH]2)ccc1O. The Morgan fingerprint density at radius 2 is 2.12 bits per heavy atom. The summed E-state index contributed by atoms with van der Waals surface area (Å²) in [7, 11) is 1.48. The molecule has 6 heteroatoms. The van der Waals surface area contributed by atoms with E-state index in [2.05, 4.69) is 10.1 Å². The van der Waals surface area contributed by atoms with E-state index in [1.807, 2.05) is 12.8 Å². The molecular formula is C18H16N3O3. The van der Waals surface area contributed by atoms with Crippen molar-refractivity contribution in [3.8, 4) is 11.5 Å². The third kappa shape index (κ3) is 3.64. The number of aromatic hydroxyl groups is 1. The Kier molecular flexibility index (Phi) is 4.93. The fourth-order valence-corrected chi connectivity index (χ4v) is 2.37. The third-order valence-electron chi connectivity index (χ3n) is 3.56. The molecule has 1 aromatic carbocycles. The van der Waals surface area contributed by atoms with Crippen molar-refractivity contribution in [1.82, 2.24) is 14.8 Å². The number of carbonyl (C=O) groups is 1. The predicted molar refractivity (Wildman–Crippen MR) is 88.1 cm³/mol. The van der Waals surface area contributed by atoms with Gasteiger partial charge in [-0.05, 0) is 49.5 Å². The van der Waals surface area contributed by atoms with E-state index < -0.39 is 0 Å². The number of hydrogen-bond donors (Lipinski definition) is 1. The standard InChI is InChI=1S/C18H16N3O3/c1-24-17-9-13(6-7-16(17)22)8-15(10-21-12-19-11-20-21)18(23)14-4-2-3-5-14/h2-9,11-12,22H,10H2,1H3/b15-8+. The number of nitrogens with zero attached hydrogens (tertiary/aromatic N) is 3. The topological polar surface area (TPSA) is 77.2 Å². The average molecular weight is 322 g/mol. The zero-order chi connectivity index (χ0) is 16.9. The maximum Gasteiger partial charge on any atom is 0.168 e. The summed E-state index contributed by atoms with van der Waals surface area (Å²) >= 11 is 0. The molecule has 0 spiro atoms. The molecule has 5 radical (unpaired) electrons. The summed E-state index contributed by atoms with van der Waals surface area (Å²) in [5.74, 6) is 0.939. The van der Waals surface area contributed by atoms with E-state index in [9.17, 15) is 9.90 Å². The number of allylic oxidation sites excluding steroid dienone is 1. The molecule has 3 rings (SSSR count). The largest absolute Gasteiger partial charge is 0.504 e. The lowest BCUT2D eigenvalue weighted by Crippen LogP contribution is -2.17. The molecule has 1 N–H and O–H groups in total. The Hall–Kier alpha value is -2.63. The molecular weight excluding hydrogens is 306 g/mol. The van der Waals surface area contributed by atoms with Gasteiger partial charge in [0.1, 0.15) is 12.7 Å². The molecule has 0 aliphatic heterocycles. The van der Waals surface area contributed by atoms with E-state index in [0.717, 1.165) is 5.56 Å². The molecule has 1 heterocycles. The zero-order valence-electron chi connectivity index (χ0n) is 13.1. The number of rotatable bonds is 6. The number of benzene rings is 1. The highest BCUT2D eigenvalue weighted by Gasteiger charge is 2.27. The minimum absolute atomic E-state index is 0.0508. The summed E-state index contributed by atoms with van der Waals surface area (Å²) in [6, 6.07) is 4.93. The van der Waals surface area contributed by atoms with E-state index in [-0.39, 0.29) is 11.5 Å². The van der Waals surface area contributed by atoms with Crippen LogP contribution in [0, 0.1) is 31.6 Å². The van der Waals surface area contributed by atoms with E-state index >= 15 is 0 Å². The van der Waals surface area contributed by atoms with Crippen LogP contribution in [0.25, 0.3) is 6.08 Å². The summed E-state index contributed by atoms with van der Waals surface area (Å²) in [5.41, 5.74) is 1.30. The molecule has 0 unspecified atom stereocenters. The number of hydrogen-bond acceptors (Lipinski definition) is 5. The van der Waals surface area contributed by atoms with E-state index in [1.54, 1.807) is 42.1 Å². The van der Waals surface area contributed by atoms with Crippen molar-refractivity contribution in [2.75, 3.05) is 7.11 Å². The summed E-state index contributed by atoms with van der Waals surface area (Å²) < 4.78 is 6.70. The minimum atomic E-state index is -0.0810. The predicted octanol–water partition coefficient (Wildman–Crippen LogP) is 2.05. The molecule has 0 atom stereocenters. The lowest BCUT2D eigenvalue weighted by molar-refractivity contribution is -0.113. The number of ether oxygens (including phenoxy) is 1. The van der Waals surface area contributed by atoms with Gasteiger partial charge in [0, 0.05) is 5.57 Å². The van der Waals surface area contributed by atoms with E-state index in [4.69, 9.17) is 4.74 Å². The number of phenols is 1. The first kappa shape index (κ1) is 16.2. The van der Waals surface area contributed by atoms with Crippen LogP contribution in [0.4, 0.5) is 0 Å². The van der Waals surface area contributed by atoms with Crippen molar-refractivity contribution in [2.45, 2.75) is 6.54 Å². The Morgan fingerprint density at radius 1 is 1.33 bits per heavy atom. The minimum Gasteiger partial charge on any atom is -0.504 e. The molecule has 2 aromatic rings. The molecule has 1 fully saturated rings. The second-order valence-electron chi connectivity index (χ2n) is 5.20. The summed E-state index contributed by atoms with van der Waals surface area (Å²) in [5, 5.41) is 13.8. The highest BCUT2D eigenvalue weighted by atomic mass is 16.5. The van der Waals surface area contributed by atoms with Crippen LogP contribution >= 0.6 is 0 Å². The van der Waals surface area contributed by atoms with Gasteiger partial charge in [0.05, 0.1) is 19.6 Å². The molecule has 121 valence electrons. The second kappa shape index (κ2) is 7.29. The maximum atomic E-state index is 12.7. The van der Waals surface area contributed by atoms with Gasteiger partial charge in [-0.3, -0.25) is 4.79 Å². The van der Waals surface area contributed by atoms with Crippen LogP contribution in [0.2, 0.25) is 0 Å². The van der Waals surface area contributed by atoms with Gasteiger partial charge in [-0.2, -0.15) is 5.10 Å². The Bertz CT molecular complexity index is 732. The monoisotopic (exact) mass is 322 g/mol. The molecule has 0 amide bonds. The van der Waals surface area contributed by atoms with Gasteiger partial charge in [0.2, 0.25) is 0 Å². The van der Waals surface area contributed by atoms with Crippen molar-refractivity contribution in [1.29, 1.82) is 0 Å². The van der Waals surface area contributed by atoms with Crippen LogP contribution < -0.4 is 4.74 Å². The number of methoxy groups -OCH3 is 1. The van der Waals surface area contributed by atoms with Gasteiger partial charge in [-0.15, -0.1) is 0 Å². The Labute approximate surface area is 140 Å². The molecule has 6 nitrogen and oxygen atoms in total. The molecule has 1 aliphatic rings.